The topological polar surface area (TPSA) is 26.3 Å². The SMILES string of the molecule is CC(Br)C(=O)OCC(I)=C(Br)I. The fourth-order valence-electron chi connectivity index (χ4n) is 0.304. The maximum absolute atomic E-state index is 11.0. The summed E-state index contributed by atoms with van der Waals surface area (Å²) in [6, 6.07) is 0. The van der Waals surface area contributed by atoms with Crippen LogP contribution in [0, 0.1) is 0 Å². The van der Waals surface area contributed by atoms with Crippen LogP contribution in [0.25, 0.3) is 0 Å². The van der Waals surface area contributed by atoms with Gasteiger partial charge in [-0.2, -0.15) is 0 Å². The number of hydrogen-bond acceptors (Lipinski definition) is 2. The van der Waals surface area contributed by atoms with E-state index in [1.807, 2.05) is 0 Å². The Labute approximate surface area is 115 Å². The summed E-state index contributed by atoms with van der Waals surface area (Å²) < 4.78 is 6.89. The molecule has 0 saturated heterocycles. The number of esters is 1. The quantitative estimate of drug-likeness (QED) is 0.320. The molecule has 70 valence electrons. The zero-order valence-corrected chi connectivity index (χ0v) is 13.6. The van der Waals surface area contributed by atoms with Crippen molar-refractivity contribution < 1.29 is 9.53 Å². The lowest BCUT2D eigenvalue weighted by Crippen LogP contribution is -2.14. The molecule has 0 fully saturated rings. The lowest BCUT2D eigenvalue weighted by molar-refractivity contribution is -0.141. The molecule has 0 aliphatic heterocycles. The fraction of sp³-hybridized carbons (Fsp3) is 0.500. The van der Waals surface area contributed by atoms with E-state index >= 15 is 0 Å². The molecule has 0 spiro atoms. The number of alkyl halides is 1. The van der Waals surface area contributed by atoms with Gasteiger partial charge in [0.1, 0.15) is 11.4 Å². The number of carbonyl (C=O) groups excluding carboxylic acids is 1. The molecule has 0 amide bonds. The molecule has 0 saturated carbocycles. The van der Waals surface area contributed by atoms with Crippen LogP contribution < -0.4 is 0 Å². The Hall–Kier alpha value is 1.63. The molecule has 1 atom stereocenters. The van der Waals surface area contributed by atoms with Gasteiger partial charge >= 0.3 is 5.97 Å². The molecule has 2 nitrogen and oxygen atoms in total. The lowest BCUT2D eigenvalue weighted by Gasteiger charge is -2.05. The summed E-state index contributed by atoms with van der Waals surface area (Å²) in [6.45, 7) is 2.07. The Balaban J connectivity index is 3.85. The predicted octanol–water partition coefficient (Wildman–Crippen LogP) is 3.75. The number of ether oxygens (including phenoxy) is 1. The van der Waals surface area contributed by atoms with Gasteiger partial charge in [-0.15, -0.1) is 0 Å². The fourth-order valence-corrected chi connectivity index (χ4v) is 0.862. The smallest absolute Gasteiger partial charge is 0.319 e. The summed E-state index contributed by atoms with van der Waals surface area (Å²) in [6.07, 6.45) is 0. The summed E-state index contributed by atoms with van der Waals surface area (Å²) in [5, 5.41) is 0. The van der Waals surface area contributed by atoms with Crippen LogP contribution in [0.1, 0.15) is 6.92 Å². The van der Waals surface area contributed by atoms with E-state index in [-0.39, 0.29) is 10.8 Å². The molecule has 0 aromatic heterocycles. The van der Waals surface area contributed by atoms with Gasteiger partial charge in [0, 0.05) is 3.58 Å². The molecule has 0 aliphatic carbocycles. The minimum Gasteiger partial charge on any atom is -0.459 e. The van der Waals surface area contributed by atoms with Gasteiger partial charge in [0.2, 0.25) is 0 Å². The highest BCUT2D eigenvalue weighted by Crippen LogP contribution is 2.24. The van der Waals surface area contributed by atoms with Crippen LogP contribution in [0.3, 0.4) is 0 Å². The largest absolute Gasteiger partial charge is 0.459 e. The Kier molecular flexibility index (Phi) is 7.94. The van der Waals surface area contributed by atoms with Crippen LogP contribution in [0.5, 0.6) is 0 Å². The Morgan fingerprint density at radius 3 is 2.42 bits per heavy atom. The zero-order chi connectivity index (χ0) is 9.72. The molecule has 0 radical (unpaired) electrons. The van der Waals surface area contributed by atoms with Gasteiger partial charge in [0.05, 0.1) is 2.49 Å². The van der Waals surface area contributed by atoms with Crippen molar-refractivity contribution in [3.63, 3.8) is 0 Å². The van der Waals surface area contributed by atoms with Crippen molar-refractivity contribution in [1.29, 1.82) is 0 Å². The number of rotatable bonds is 3. The highest BCUT2D eigenvalue weighted by molar-refractivity contribution is 14.1. The molecule has 0 aromatic rings. The molecule has 0 rings (SSSR count). The van der Waals surface area contributed by atoms with Gasteiger partial charge in [0.25, 0.3) is 0 Å². The molecule has 0 heterocycles. The molecule has 0 aromatic carbocycles. The number of carbonyl (C=O) groups is 1. The van der Waals surface area contributed by atoms with Crippen molar-refractivity contribution in [1.82, 2.24) is 0 Å². The van der Waals surface area contributed by atoms with E-state index in [4.69, 9.17) is 4.74 Å². The molecule has 6 heteroatoms. The molecule has 0 bridgehead atoms. The average molecular weight is 524 g/mol. The molecule has 0 N–H and O–H groups in total. The minimum atomic E-state index is -0.241. The van der Waals surface area contributed by atoms with E-state index in [0.29, 0.717) is 6.61 Å². The van der Waals surface area contributed by atoms with Crippen molar-refractivity contribution in [2.45, 2.75) is 11.8 Å². The van der Waals surface area contributed by atoms with Gasteiger partial charge in [-0.3, -0.25) is 4.79 Å². The van der Waals surface area contributed by atoms with Crippen LogP contribution in [0.2, 0.25) is 0 Å². The van der Waals surface area contributed by atoms with Crippen molar-refractivity contribution >= 4 is 83.0 Å². The first-order chi connectivity index (χ1) is 5.45. The molecule has 0 aliphatic rings. The van der Waals surface area contributed by atoms with Crippen LogP contribution in [-0.2, 0) is 9.53 Å². The van der Waals surface area contributed by atoms with Gasteiger partial charge < -0.3 is 4.74 Å². The first kappa shape index (κ1) is 13.6. The van der Waals surface area contributed by atoms with Gasteiger partial charge in [-0.25, -0.2) is 0 Å². The van der Waals surface area contributed by atoms with E-state index in [1.54, 1.807) is 6.92 Å². The molecule has 1 unspecified atom stereocenters. The molecule has 12 heavy (non-hydrogen) atoms. The summed E-state index contributed by atoms with van der Waals surface area (Å²) >= 11 is 10.6. The summed E-state index contributed by atoms with van der Waals surface area (Å²) in [5.41, 5.74) is 0. The highest BCUT2D eigenvalue weighted by Gasteiger charge is 2.10. The van der Waals surface area contributed by atoms with Crippen molar-refractivity contribution in [3.8, 4) is 0 Å². The average Bonchev–Trinajstić information content (AvgIpc) is 1.98. The Morgan fingerprint density at radius 2 is 2.08 bits per heavy atom. The third-order valence-corrected chi connectivity index (χ3v) is 5.00. The lowest BCUT2D eigenvalue weighted by atomic mass is 10.5. The first-order valence-electron chi connectivity index (χ1n) is 2.95. The van der Waals surface area contributed by atoms with Crippen molar-refractivity contribution in [2.75, 3.05) is 6.61 Å². The van der Waals surface area contributed by atoms with Crippen LogP contribution in [0.4, 0.5) is 0 Å². The highest BCUT2D eigenvalue weighted by atomic mass is 127. The zero-order valence-electron chi connectivity index (χ0n) is 6.11. The van der Waals surface area contributed by atoms with Crippen LogP contribution >= 0.6 is 77.0 Å². The summed E-state index contributed by atoms with van der Waals surface area (Å²) in [5.74, 6) is -0.241. The third kappa shape index (κ3) is 6.14. The summed E-state index contributed by atoms with van der Waals surface area (Å²) in [7, 11) is 0. The number of hydrogen-bond donors (Lipinski definition) is 0. The van der Waals surface area contributed by atoms with Crippen molar-refractivity contribution in [2.24, 2.45) is 0 Å². The van der Waals surface area contributed by atoms with E-state index in [1.165, 1.54) is 0 Å². The second-order valence-corrected chi connectivity index (χ2v) is 7.92. The van der Waals surface area contributed by atoms with E-state index in [9.17, 15) is 4.79 Å². The minimum absolute atomic E-state index is 0.241. The molecular weight excluding hydrogens is 518 g/mol. The first-order valence-corrected chi connectivity index (χ1v) is 6.82. The molecular formula is C6H6Br2I2O2. The van der Waals surface area contributed by atoms with Gasteiger partial charge in [0.15, 0.2) is 0 Å². The Bertz CT molecular complexity index is 200. The van der Waals surface area contributed by atoms with E-state index < -0.39 is 0 Å². The second-order valence-electron chi connectivity index (χ2n) is 1.89. The third-order valence-electron chi connectivity index (χ3n) is 0.871. The summed E-state index contributed by atoms with van der Waals surface area (Å²) in [4.78, 5) is 10.7. The monoisotopic (exact) mass is 522 g/mol. The van der Waals surface area contributed by atoms with E-state index in [2.05, 4.69) is 77.0 Å². The maximum Gasteiger partial charge on any atom is 0.319 e. The van der Waals surface area contributed by atoms with Gasteiger partial charge in [-0.1, -0.05) is 15.9 Å². The van der Waals surface area contributed by atoms with Crippen LogP contribution in [0.15, 0.2) is 6.07 Å². The maximum atomic E-state index is 11.0. The predicted molar refractivity (Wildman–Crippen MR) is 73.3 cm³/mol. The van der Waals surface area contributed by atoms with E-state index in [0.717, 1.165) is 6.07 Å². The van der Waals surface area contributed by atoms with Crippen molar-refractivity contribution in [3.05, 3.63) is 6.07 Å². The van der Waals surface area contributed by atoms with Crippen LogP contribution in [-0.4, -0.2) is 17.4 Å². The standard InChI is InChI=1S/C6H6Br2I2O2/c1-3(7)6(11)12-2-4(9)5(8)10/h3H,2H2,1H3. The normalized spacial score (nSPS) is 15.1. The second kappa shape index (κ2) is 6.99. The van der Waals surface area contributed by atoms with Gasteiger partial charge in [-0.05, 0) is 68.0 Å². The number of halogens is 4. The Morgan fingerprint density at radius 1 is 1.58 bits per heavy atom.